The SMILES string of the molecule is CCP(CC)CC.CCP(CC)CC.[Cl-].[Cl-].[Cl-].[Hf+3]. The van der Waals surface area contributed by atoms with E-state index in [1.165, 1.54) is 37.0 Å². The van der Waals surface area contributed by atoms with E-state index < -0.39 is 0 Å². The van der Waals surface area contributed by atoms with Crippen LogP contribution < -0.4 is 37.2 Å². The van der Waals surface area contributed by atoms with Gasteiger partial charge in [0.05, 0.1) is 0 Å². The van der Waals surface area contributed by atoms with Crippen LogP contribution in [0.1, 0.15) is 41.5 Å². The van der Waals surface area contributed by atoms with E-state index in [2.05, 4.69) is 41.5 Å². The third-order valence-electron chi connectivity index (χ3n) is 2.68. The van der Waals surface area contributed by atoms with E-state index in [0.29, 0.717) is 15.8 Å². The maximum Gasteiger partial charge on any atom is 3.00 e. The molecule has 1 radical (unpaired) electrons. The summed E-state index contributed by atoms with van der Waals surface area (Å²) in [4.78, 5) is 0. The molecular formula is C12H30Cl3HfP2. The molecule has 0 aliphatic rings. The van der Waals surface area contributed by atoms with Crippen molar-refractivity contribution < 1.29 is 63.1 Å². The van der Waals surface area contributed by atoms with Crippen LogP contribution in [0.25, 0.3) is 0 Å². The van der Waals surface area contributed by atoms with Crippen LogP contribution in [0.2, 0.25) is 0 Å². The first-order valence-corrected chi connectivity index (χ1v) is 9.93. The quantitative estimate of drug-likeness (QED) is 0.248. The maximum atomic E-state index is 2.29. The minimum atomic E-state index is 0. The summed E-state index contributed by atoms with van der Waals surface area (Å²) in [7, 11) is 0.892. The summed E-state index contributed by atoms with van der Waals surface area (Å²) in [6, 6.07) is 0. The molecule has 0 fully saturated rings. The Morgan fingerprint density at radius 2 is 0.556 bits per heavy atom. The van der Waals surface area contributed by atoms with Crippen molar-refractivity contribution in [1.29, 1.82) is 0 Å². The smallest absolute Gasteiger partial charge is 1.00 e. The number of hydrogen-bond donors (Lipinski definition) is 0. The normalized spacial score (nSPS) is 8.00. The topological polar surface area (TPSA) is 0 Å². The number of rotatable bonds is 6. The Labute approximate surface area is 156 Å². The van der Waals surface area contributed by atoms with E-state index >= 15 is 0 Å². The standard InChI is InChI=1S/2C6H15P.3ClH.Hf/c2*1-4-7(5-2)6-3;;;;/h2*4-6H2,1-3H3;3*1H;/q;;;;;+3/p-3. The third kappa shape index (κ3) is 27.0. The van der Waals surface area contributed by atoms with Crippen LogP contribution in [0.15, 0.2) is 0 Å². The molecule has 0 aromatic carbocycles. The van der Waals surface area contributed by atoms with Gasteiger partial charge in [0, 0.05) is 0 Å². The largest absolute Gasteiger partial charge is 3.00 e. The van der Waals surface area contributed by atoms with Crippen molar-refractivity contribution in [3.8, 4) is 0 Å². The van der Waals surface area contributed by atoms with Crippen LogP contribution in [0.3, 0.4) is 0 Å². The summed E-state index contributed by atoms with van der Waals surface area (Å²) >= 11 is 0. The first-order chi connectivity index (χ1) is 6.69. The zero-order valence-electron chi connectivity index (χ0n) is 12.8. The van der Waals surface area contributed by atoms with E-state index in [4.69, 9.17) is 0 Å². The van der Waals surface area contributed by atoms with Gasteiger partial charge in [-0.1, -0.05) is 41.5 Å². The van der Waals surface area contributed by atoms with Crippen molar-refractivity contribution >= 4 is 15.8 Å². The van der Waals surface area contributed by atoms with Gasteiger partial charge in [-0.15, -0.1) is 15.8 Å². The molecule has 0 atom stereocenters. The Morgan fingerprint density at radius 3 is 0.556 bits per heavy atom. The maximum absolute atomic E-state index is 2.29. The van der Waals surface area contributed by atoms with Gasteiger partial charge in [-0.25, -0.2) is 0 Å². The van der Waals surface area contributed by atoms with E-state index in [-0.39, 0.29) is 63.1 Å². The van der Waals surface area contributed by atoms with E-state index in [1.807, 2.05) is 0 Å². The molecule has 0 rings (SSSR count). The van der Waals surface area contributed by atoms with E-state index in [9.17, 15) is 0 Å². The van der Waals surface area contributed by atoms with Gasteiger partial charge in [0.2, 0.25) is 0 Å². The summed E-state index contributed by atoms with van der Waals surface area (Å²) in [6.07, 6.45) is 8.51. The third-order valence-corrected chi connectivity index (χ3v) is 8.05. The van der Waals surface area contributed by atoms with Crippen molar-refractivity contribution in [2.75, 3.05) is 37.0 Å². The van der Waals surface area contributed by atoms with Gasteiger partial charge in [-0.3, -0.25) is 0 Å². The second-order valence-electron chi connectivity index (χ2n) is 3.24. The molecule has 0 nitrogen and oxygen atoms in total. The fourth-order valence-corrected chi connectivity index (χ4v) is 4.02. The Morgan fingerprint density at radius 1 is 0.444 bits per heavy atom. The van der Waals surface area contributed by atoms with Crippen LogP contribution in [0, 0.1) is 0 Å². The van der Waals surface area contributed by atoms with Gasteiger partial charge in [-0.05, 0) is 37.0 Å². The Bertz CT molecular complexity index is 80.3. The summed E-state index contributed by atoms with van der Waals surface area (Å²) in [6.45, 7) is 13.7. The van der Waals surface area contributed by atoms with Crippen LogP contribution in [0.5, 0.6) is 0 Å². The predicted molar refractivity (Wildman–Crippen MR) is 77.1 cm³/mol. The first kappa shape index (κ1) is 37.1. The van der Waals surface area contributed by atoms with Gasteiger partial charge in [-0.2, -0.15) is 0 Å². The average molecular weight is 521 g/mol. The van der Waals surface area contributed by atoms with Crippen molar-refractivity contribution in [2.24, 2.45) is 0 Å². The van der Waals surface area contributed by atoms with E-state index in [0.717, 1.165) is 0 Å². The molecule has 0 spiro atoms. The Kier molecular flexibility index (Phi) is 65.6. The van der Waals surface area contributed by atoms with Gasteiger partial charge in [0.25, 0.3) is 0 Å². The number of halogens is 3. The first-order valence-electron chi connectivity index (χ1n) is 6.14. The average Bonchev–Trinajstić information content (AvgIpc) is 2.24. The summed E-state index contributed by atoms with van der Waals surface area (Å²) < 4.78 is 0. The molecule has 0 unspecified atom stereocenters. The molecule has 0 aromatic rings. The van der Waals surface area contributed by atoms with Crippen molar-refractivity contribution in [1.82, 2.24) is 0 Å². The molecule has 0 saturated heterocycles. The van der Waals surface area contributed by atoms with Crippen LogP contribution in [-0.2, 0) is 25.8 Å². The number of hydrogen-bond acceptors (Lipinski definition) is 0. The second kappa shape index (κ2) is 31.8. The van der Waals surface area contributed by atoms with Gasteiger partial charge in [0.15, 0.2) is 0 Å². The fourth-order valence-electron chi connectivity index (χ4n) is 1.34. The van der Waals surface area contributed by atoms with Crippen molar-refractivity contribution in [2.45, 2.75) is 41.5 Å². The molecule has 6 heteroatoms. The Balaban J connectivity index is -0.0000000327. The van der Waals surface area contributed by atoms with Gasteiger partial charge < -0.3 is 37.2 Å². The van der Waals surface area contributed by atoms with E-state index in [1.54, 1.807) is 0 Å². The molecule has 0 aliphatic carbocycles. The zero-order chi connectivity index (χ0) is 11.4. The molecule has 0 aromatic heterocycles. The monoisotopic (exact) mass is 521 g/mol. The molecule has 0 saturated carbocycles. The zero-order valence-corrected chi connectivity index (χ0v) is 20.4. The Hall–Kier alpha value is 2.60. The van der Waals surface area contributed by atoms with Crippen LogP contribution >= 0.6 is 15.8 Å². The van der Waals surface area contributed by atoms with Crippen LogP contribution in [0.4, 0.5) is 0 Å². The molecule has 0 N–H and O–H groups in total. The molecule has 0 bridgehead atoms. The summed E-state index contributed by atoms with van der Waals surface area (Å²) in [5.74, 6) is 0. The minimum Gasteiger partial charge on any atom is -1.00 e. The molecule has 18 heavy (non-hydrogen) atoms. The molecule has 113 valence electrons. The van der Waals surface area contributed by atoms with Crippen molar-refractivity contribution in [3.05, 3.63) is 0 Å². The molecular weight excluding hydrogens is 491 g/mol. The van der Waals surface area contributed by atoms with Gasteiger partial charge in [0.1, 0.15) is 0 Å². The summed E-state index contributed by atoms with van der Waals surface area (Å²) in [5.41, 5.74) is 0. The van der Waals surface area contributed by atoms with Crippen molar-refractivity contribution in [3.63, 3.8) is 0 Å². The van der Waals surface area contributed by atoms with Gasteiger partial charge >= 0.3 is 25.8 Å². The second-order valence-corrected chi connectivity index (χ2v) is 9.72. The molecule has 0 aliphatic heterocycles. The predicted octanol–water partition coefficient (Wildman–Crippen LogP) is -3.93. The summed E-state index contributed by atoms with van der Waals surface area (Å²) in [5, 5.41) is 0. The van der Waals surface area contributed by atoms with Crippen LogP contribution in [-0.4, -0.2) is 37.0 Å². The fraction of sp³-hybridized carbons (Fsp3) is 1.00. The molecule has 0 amide bonds. The molecule has 0 heterocycles. The minimum absolute atomic E-state index is 0.